The van der Waals surface area contributed by atoms with Gasteiger partial charge in [0.2, 0.25) is 5.91 Å². The number of amides is 1. The minimum atomic E-state index is -0.906. The summed E-state index contributed by atoms with van der Waals surface area (Å²) in [5, 5.41) is 0. The second kappa shape index (κ2) is 5.13. The van der Waals surface area contributed by atoms with Gasteiger partial charge in [0.05, 0.1) is 12.5 Å². The summed E-state index contributed by atoms with van der Waals surface area (Å²) in [5.41, 5.74) is -0.906. The fourth-order valence-corrected chi connectivity index (χ4v) is 2.54. The van der Waals surface area contributed by atoms with Crippen LogP contribution < -0.4 is 0 Å². The van der Waals surface area contributed by atoms with Crippen molar-refractivity contribution in [1.82, 2.24) is 4.90 Å². The summed E-state index contributed by atoms with van der Waals surface area (Å²) in [6.45, 7) is 7.90. The Hall–Kier alpha value is -1.68. The smallest absolute Gasteiger partial charge is 0.231 e. The second-order valence-electron chi connectivity index (χ2n) is 5.16. The van der Waals surface area contributed by atoms with E-state index in [4.69, 9.17) is 4.74 Å². The molecule has 1 fully saturated rings. The van der Waals surface area contributed by atoms with Crippen molar-refractivity contribution in [2.45, 2.75) is 32.0 Å². The molecular weight excluding hydrogens is 242 g/mol. The maximum atomic E-state index is 12.6. The van der Waals surface area contributed by atoms with Crippen LogP contribution in [0.2, 0.25) is 0 Å². The maximum absolute atomic E-state index is 12.6. The van der Waals surface area contributed by atoms with Crippen LogP contribution in [0.5, 0.6) is 0 Å². The Labute approximate surface area is 113 Å². The maximum Gasteiger partial charge on any atom is 0.231 e. The zero-order chi connectivity index (χ0) is 14.0. The molecule has 102 valence electrons. The van der Waals surface area contributed by atoms with Gasteiger partial charge in [0.25, 0.3) is 0 Å². The molecule has 2 rings (SSSR count). The van der Waals surface area contributed by atoms with E-state index in [-0.39, 0.29) is 23.7 Å². The molecule has 4 heteroatoms. The molecule has 0 aromatic rings. The van der Waals surface area contributed by atoms with Crippen LogP contribution >= 0.6 is 0 Å². The van der Waals surface area contributed by atoms with Crippen LogP contribution in [0.15, 0.2) is 37.0 Å². The average Bonchev–Trinajstić information content (AvgIpc) is 2.36. The number of carbonyl (C=O) groups excluding carboxylic acids is 2. The molecule has 19 heavy (non-hydrogen) atoms. The molecule has 0 aromatic carbocycles. The molecule has 1 saturated heterocycles. The third-order valence-electron chi connectivity index (χ3n) is 3.42. The van der Waals surface area contributed by atoms with E-state index in [2.05, 4.69) is 6.58 Å². The summed E-state index contributed by atoms with van der Waals surface area (Å²) in [6, 6.07) is -0.0115. The first-order valence-electron chi connectivity index (χ1n) is 6.50. The highest BCUT2D eigenvalue weighted by atomic mass is 16.5. The summed E-state index contributed by atoms with van der Waals surface area (Å²) >= 11 is 0. The zero-order valence-corrected chi connectivity index (χ0v) is 11.3. The summed E-state index contributed by atoms with van der Waals surface area (Å²) in [5.74, 6) is -0.228. The third kappa shape index (κ3) is 2.40. The van der Waals surface area contributed by atoms with E-state index in [0.29, 0.717) is 13.0 Å². The highest BCUT2D eigenvalue weighted by Gasteiger charge is 2.46. The van der Waals surface area contributed by atoms with Crippen LogP contribution in [0.25, 0.3) is 0 Å². The van der Waals surface area contributed by atoms with Gasteiger partial charge in [-0.1, -0.05) is 6.08 Å². The van der Waals surface area contributed by atoms with Gasteiger partial charge in [0.1, 0.15) is 0 Å². The van der Waals surface area contributed by atoms with Gasteiger partial charge in [-0.3, -0.25) is 9.59 Å². The Morgan fingerprint density at radius 3 is 2.63 bits per heavy atom. The van der Waals surface area contributed by atoms with Crippen LogP contribution in [0.4, 0.5) is 0 Å². The quantitative estimate of drug-likeness (QED) is 0.728. The predicted octanol–water partition coefficient (Wildman–Crippen LogP) is 1.84. The topological polar surface area (TPSA) is 46.6 Å². The lowest BCUT2D eigenvalue weighted by molar-refractivity contribution is -0.185. The van der Waals surface area contributed by atoms with E-state index in [9.17, 15) is 9.59 Å². The van der Waals surface area contributed by atoms with Crippen molar-refractivity contribution in [3.63, 3.8) is 0 Å². The fraction of sp³-hybridized carbons (Fsp3) is 0.467. The Balaban J connectivity index is 2.33. The highest BCUT2D eigenvalue weighted by Crippen LogP contribution is 2.33. The lowest BCUT2D eigenvalue weighted by Crippen LogP contribution is -2.61. The minimum absolute atomic E-state index is 0.0115. The Morgan fingerprint density at radius 1 is 1.47 bits per heavy atom. The number of ether oxygens (including phenoxy) is 1. The summed E-state index contributed by atoms with van der Waals surface area (Å²) in [4.78, 5) is 25.5. The molecule has 4 nitrogen and oxygen atoms in total. The van der Waals surface area contributed by atoms with Crippen molar-refractivity contribution < 1.29 is 14.3 Å². The molecule has 0 N–H and O–H groups in total. The van der Waals surface area contributed by atoms with E-state index in [1.54, 1.807) is 23.1 Å². The van der Waals surface area contributed by atoms with Gasteiger partial charge in [-0.25, -0.2) is 0 Å². The first-order valence-corrected chi connectivity index (χ1v) is 6.50. The summed E-state index contributed by atoms with van der Waals surface area (Å²) in [6.07, 6.45) is 8.57. The lowest BCUT2D eigenvalue weighted by Gasteiger charge is -2.48. The number of hydrogen-bond acceptors (Lipinski definition) is 3. The Kier molecular flexibility index (Phi) is 3.71. The van der Waals surface area contributed by atoms with Gasteiger partial charge < -0.3 is 9.64 Å². The minimum Gasteiger partial charge on any atom is -0.347 e. The predicted molar refractivity (Wildman–Crippen MR) is 72.3 cm³/mol. The highest BCUT2D eigenvalue weighted by molar-refractivity contribution is 6.01. The van der Waals surface area contributed by atoms with Crippen molar-refractivity contribution in [2.75, 3.05) is 6.61 Å². The molecule has 1 heterocycles. The van der Waals surface area contributed by atoms with Crippen molar-refractivity contribution in [1.29, 1.82) is 0 Å². The van der Waals surface area contributed by atoms with Crippen molar-refractivity contribution in [3.8, 4) is 0 Å². The van der Waals surface area contributed by atoms with Gasteiger partial charge in [-0.2, -0.15) is 0 Å². The van der Waals surface area contributed by atoms with Crippen LogP contribution in [0, 0.1) is 5.92 Å². The van der Waals surface area contributed by atoms with Crippen molar-refractivity contribution >= 4 is 11.7 Å². The molecule has 1 amide bonds. The van der Waals surface area contributed by atoms with Gasteiger partial charge in [-0.05, 0) is 44.6 Å². The Bertz CT molecular complexity index is 446. The van der Waals surface area contributed by atoms with Crippen molar-refractivity contribution in [2.24, 2.45) is 5.92 Å². The molecule has 0 bridgehead atoms. The normalized spacial score (nSPS) is 25.4. The van der Waals surface area contributed by atoms with Gasteiger partial charge in [0, 0.05) is 6.04 Å². The van der Waals surface area contributed by atoms with Gasteiger partial charge >= 0.3 is 0 Å². The summed E-state index contributed by atoms with van der Waals surface area (Å²) < 4.78 is 5.90. The van der Waals surface area contributed by atoms with Gasteiger partial charge in [0.15, 0.2) is 11.5 Å². The molecule has 0 aromatic heterocycles. The lowest BCUT2D eigenvalue weighted by atomic mass is 9.94. The first-order chi connectivity index (χ1) is 9.00. The molecule has 0 saturated carbocycles. The van der Waals surface area contributed by atoms with E-state index < -0.39 is 5.72 Å². The monoisotopic (exact) mass is 261 g/mol. The van der Waals surface area contributed by atoms with Crippen LogP contribution in [-0.4, -0.2) is 35.0 Å². The Morgan fingerprint density at radius 2 is 2.11 bits per heavy atom. The van der Waals surface area contributed by atoms with E-state index >= 15 is 0 Å². The zero-order valence-electron chi connectivity index (χ0n) is 11.3. The fourth-order valence-electron chi connectivity index (χ4n) is 2.54. The molecule has 1 spiro atoms. The number of hydrogen-bond donors (Lipinski definition) is 0. The third-order valence-corrected chi connectivity index (χ3v) is 3.42. The van der Waals surface area contributed by atoms with Crippen LogP contribution in [0.1, 0.15) is 20.3 Å². The number of nitrogens with zero attached hydrogens (tertiary/aromatic N) is 1. The average molecular weight is 261 g/mol. The van der Waals surface area contributed by atoms with Gasteiger partial charge in [-0.15, -0.1) is 6.58 Å². The second-order valence-corrected chi connectivity index (χ2v) is 5.16. The van der Waals surface area contributed by atoms with E-state index in [1.807, 2.05) is 13.8 Å². The van der Waals surface area contributed by atoms with Crippen LogP contribution in [-0.2, 0) is 14.3 Å². The number of rotatable bonds is 3. The van der Waals surface area contributed by atoms with Crippen LogP contribution in [0.3, 0.4) is 0 Å². The molecule has 0 radical (unpaired) electrons. The summed E-state index contributed by atoms with van der Waals surface area (Å²) in [7, 11) is 0. The molecule has 1 atom stereocenters. The van der Waals surface area contributed by atoms with Crippen molar-refractivity contribution in [3.05, 3.63) is 37.0 Å². The van der Waals surface area contributed by atoms with E-state index in [0.717, 1.165) is 0 Å². The molecular formula is C15H19NO3. The largest absolute Gasteiger partial charge is 0.347 e. The molecule has 1 aliphatic carbocycles. The number of ketones is 1. The number of carbonyl (C=O) groups is 2. The molecule has 1 unspecified atom stereocenters. The standard InChI is InChI=1S/C15H19NO3/c1-4-5-12-10-19-15(8-6-13(17)7-9-15)16(11(2)3)14(12)18/h4,6-9,11-12H,1,5,10H2,2-3H3. The SMILES string of the molecule is C=CCC1COC2(C=CC(=O)C=C2)N(C(C)C)C1=O. The first kappa shape index (κ1) is 13.7. The van der Waals surface area contributed by atoms with E-state index in [1.165, 1.54) is 12.2 Å². The molecule has 1 aliphatic heterocycles. The molecule has 2 aliphatic rings. The number of allylic oxidation sites excluding steroid dienone is 3.